The summed E-state index contributed by atoms with van der Waals surface area (Å²) in [6.45, 7) is 2.13. The van der Waals surface area contributed by atoms with Crippen molar-refractivity contribution in [2.75, 3.05) is 23.7 Å². The summed E-state index contributed by atoms with van der Waals surface area (Å²) in [5, 5.41) is 0. The number of primary amides is 1. The molecule has 4 heteroatoms. The Morgan fingerprint density at radius 3 is 2.50 bits per heavy atom. The van der Waals surface area contributed by atoms with E-state index in [9.17, 15) is 4.79 Å². The van der Waals surface area contributed by atoms with Gasteiger partial charge in [0.15, 0.2) is 0 Å². The molecule has 0 bridgehead atoms. The number of benzene rings is 1. The average Bonchev–Trinajstić information content (AvgIpc) is 2.89. The highest BCUT2D eigenvalue weighted by atomic mass is 16.1. The third-order valence-electron chi connectivity index (χ3n) is 4.38. The highest BCUT2D eigenvalue weighted by Gasteiger charge is 2.36. The molecule has 0 aromatic heterocycles. The molecule has 1 aromatic carbocycles. The molecule has 1 heterocycles. The predicted molar refractivity (Wildman–Crippen MR) is 72.4 cm³/mol. The van der Waals surface area contributed by atoms with Crippen molar-refractivity contribution in [3.63, 3.8) is 0 Å². The van der Waals surface area contributed by atoms with E-state index in [-0.39, 0.29) is 0 Å². The van der Waals surface area contributed by atoms with E-state index < -0.39 is 5.91 Å². The third-order valence-corrected chi connectivity index (χ3v) is 4.38. The van der Waals surface area contributed by atoms with E-state index in [0.29, 0.717) is 5.56 Å². The fourth-order valence-corrected chi connectivity index (χ4v) is 3.40. The number of amides is 1. The van der Waals surface area contributed by atoms with Crippen molar-refractivity contribution in [2.24, 2.45) is 17.6 Å². The Hall–Kier alpha value is -1.71. The Morgan fingerprint density at radius 2 is 1.89 bits per heavy atom. The zero-order chi connectivity index (χ0) is 12.7. The third kappa shape index (κ3) is 1.82. The summed E-state index contributed by atoms with van der Waals surface area (Å²) in [4.78, 5) is 13.6. The molecule has 2 fully saturated rings. The van der Waals surface area contributed by atoms with Crippen LogP contribution in [0.4, 0.5) is 11.4 Å². The molecular formula is C14H19N3O. The van der Waals surface area contributed by atoms with Gasteiger partial charge in [0.05, 0.1) is 11.4 Å². The maximum absolute atomic E-state index is 11.2. The molecule has 4 N–H and O–H groups in total. The van der Waals surface area contributed by atoms with Crippen LogP contribution in [0.1, 0.15) is 29.6 Å². The molecule has 1 amide bonds. The average molecular weight is 245 g/mol. The van der Waals surface area contributed by atoms with Gasteiger partial charge >= 0.3 is 0 Å². The zero-order valence-corrected chi connectivity index (χ0v) is 10.4. The Balaban J connectivity index is 1.88. The molecule has 2 atom stereocenters. The highest BCUT2D eigenvalue weighted by Crippen LogP contribution is 2.40. The van der Waals surface area contributed by atoms with Crippen molar-refractivity contribution >= 4 is 17.3 Å². The molecule has 2 aliphatic rings. The van der Waals surface area contributed by atoms with Gasteiger partial charge in [0.1, 0.15) is 0 Å². The van der Waals surface area contributed by atoms with E-state index in [1.165, 1.54) is 19.3 Å². The van der Waals surface area contributed by atoms with Crippen LogP contribution in [0.3, 0.4) is 0 Å². The lowest BCUT2D eigenvalue weighted by atomic mass is 10.0. The van der Waals surface area contributed by atoms with Crippen LogP contribution >= 0.6 is 0 Å². The summed E-state index contributed by atoms with van der Waals surface area (Å²) in [6.07, 6.45) is 4.02. The molecule has 1 aliphatic heterocycles. The molecule has 2 unspecified atom stereocenters. The molecule has 3 rings (SSSR count). The second-order valence-corrected chi connectivity index (χ2v) is 5.49. The molecule has 1 aromatic rings. The first kappa shape index (κ1) is 11.4. The first-order valence-corrected chi connectivity index (χ1v) is 6.59. The molecule has 1 saturated carbocycles. The van der Waals surface area contributed by atoms with Crippen LogP contribution < -0.4 is 16.4 Å². The lowest BCUT2D eigenvalue weighted by molar-refractivity contribution is 0.100. The first-order chi connectivity index (χ1) is 8.65. The van der Waals surface area contributed by atoms with Crippen LogP contribution in [0, 0.1) is 11.8 Å². The van der Waals surface area contributed by atoms with Gasteiger partial charge in [0, 0.05) is 18.7 Å². The first-order valence-electron chi connectivity index (χ1n) is 6.59. The summed E-state index contributed by atoms with van der Waals surface area (Å²) in [5.74, 6) is 1.22. The number of fused-ring (bicyclic) bond motifs is 1. The number of rotatable bonds is 2. The van der Waals surface area contributed by atoms with E-state index in [4.69, 9.17) is 11.5 Å². The smallest absolute Gasteiger partial charge is 0.248 e. The molecule has 4 nitrogen and oxygen atoms in total. The van der Waals surface area contributed by atoms with Crippen LogP contribution in [-0.2, 0) is 0 Å². The Labute approximate surface area is 107 Å². The number of hydrogen-bond donors (Lipinski definition) is 2. The Kier molecular flexibility index (Phi) is 2.65. The fraction of sp³-hybridized carbons (Fsp3) is 0.500. The SMILES string of the molecule is NC(=O)c1ccc(N)c(N2CC3CCCC3C2)c1. The summed E-state index contributed by atoms with van der Waals surface area (Å²) >= 11 is 0. The number of nitrogens with two attached hydrogens (primary N) is 2. The van der Waals surface area contributed by atoms with E-state index in [2.05, 4.69) is 4.90 Å². The normalized spacial score (nSPS) is 26.3. The van der Waals surface area contributed by atoms with Gasteiger partial charge in [-0.05, 0) is 42.9 Å². The minimum atomic E-state index is -0.393. The van der Waals surface area contributed by atoms with Gasteiger partial charge in [-0.1, -0.05) is 6.42 Å². The molecular weight excluding hydrogens is 226 g/mol. The van der Waals surface area contributed by atoms with Gasteiger partial charge in [-0.2, -0.15) is 0 Å². The summed E-state index contributed by atoms with van der Waals surface area (Å²) < 4.78 is 0. The van der Waals surface area contributed by atoms with Crippen molar-refractivity contribution in [2.45, 2.75) is 19.3 Å². The monoisotopic (exact) mass is 245 g/mol. The van der Waals surface area contributed by atoms with Gasteiger partial charge in [-0.3, -0.25) is 4.79 Å². The maximum atomic E-state index is 11.2. The fourth-order valence-electron chi connectivity index (χ4n) is 3.40. The largest absolute Gasteiger partial charge is 0.397 e. The van der Waals surface area contributed by atoms with E-state index >= 15 is 0 Å². The summed E-state index contributed by atoms with van der Waals surface area (Å²) in [7, 11) is 0. The van der Waals surface area contributed by atoms with Crippen LogP contribution in [0.25, 0.3) is 0 Å². The summed E-state index contributed by atoms with van der Waals surface area (Å²) in [5.41, 5.74) is 13.6. The van der Waals surface area contributed by atoms with E-state index in [1.807, 2.05) is 6.07 Å². The van der Waals surface area contributed by atoms with Gasteiger partial charge < -0.3 is 16.4 Å². The van der Waals surface area contributed by atoms with E-state index in [1.54, 1.807) is 12.1 Å². The van der Waals surface area contributed by atoms with Gasteiger partial charge in [-0.15, -0.1) is 0 Å². The number of nitrogen functional groups attached to an aromatic ring is 1. The van der Waals surface area contributed by atoms with Crippen molar-refractivity contribution in [1.29, 1.82) is 0 Å². The number of carbonyl (C=O) groups excluding carboxylic acids is 1. The maximum Gasteiger partial charge on any atom is 0.248 e. The van der Waals surface area contributed by atoms with Crippen molar-refractivity contribution in [3.05, 3.63) is 23.8 Å². The molecule has 0 radical (unpaired) electrons. The van der Waals surface area contributed by atoms with Gasteiger partial charge in [0.2, 0.25) is 5.91 Å². The second kappa shape index (κ2) is 4.19. The zero-order valence-electron chi connectivity index (χ0n) is 10.4. The molecule has 96 valence electrons. The molecule has 0 spiro atoms. The topological polar surface area (TPSA) is 72.3 Å². The highest BCUT2D eigenvalue weighted by molar-refractivity contribution is 5.95. The molecule has 1 aliphatic carbocycles. The summed E-state index contributed by atoms with van der Waals surface area (Å²) in [6, 6.07) is 5.31. The standard InChI is InChI=1S/C14H19N3O/c15-12-5-4-9(14(16)18)6-13(12)17-7-10-2-1-3-11(10)8-17/h4-6,10-11H,1-3,7-8,15H2,(H2,16,18). The van der Waals surface area contributed by atoms with Gasteiger partial charge in [0.25, 0.3) is 0 Å². The number of nitrogens with zero attached hydrogens (tertiary/aromatic N) is 1. The van der Waals surface area contributed by atoms with Crippen LogP contribution in [0.2, 0.25) is 0 Å². The molecule has 1 saturated heterocycles. The lowest BCUT2D eigenvalue weighted by Gasteiger charge is -2.22. The van der Waals surface area contributed by atoms with Crippen LogP contribution in [0.5, 0.6) is 0 Å². The second-order valence-electron chi connectivity index (χ2n) is 5.49. The van der Waals surface area contributed by atoms with E-state index in [0.717, 1.165) is 36.3 Å². The minimum absolute atomic E-state index is 0.393. The number of carbonyl (C=O) groups is 1. The number of anilines is 2. The van der Waals surface area contributed by atoms with Crippen molar-refractivity contribution < 1.29 is 4.79 Å². The van der Waals surface area contributed by atoms with Gasteiger partial charge in [-0.25, -0.2) is 0 Å². The van der Waals surface area contributed by atoms with Crippen molar-refractivity contribution in [3.8, 4) is 0 Å². The lowest BCUT2D eigenvalue weighted by Crippen LogP contribution is -2.22. The van der Waals surface area contributed by atoms with Crippen LogP contribution in [0.15, 0.2) is 18.2 Å². The quantitative estimate of drug-likeness (QED) is 0.777. The Morgan fingerprint density at radius 1 is 1.22 bits per heavy atom. The van der Waals surface area contributed by atoms with Crippen molar-refractivity contribution in [1.82, 2.24) is 0 Å². The molecule has 18 heavy (non-hydrogen) atoms. The number of hydrogen-bond acceptors (Lipinski definition) is 3. The predicted octanol–water partition coefficient (Wildman–Crippen LogP) is 1.60. The Bertz CT molecular complexity index is 474. The minimum Gasteiger partial charge on any atom is -0.397 e. The van der Waals surface area contributed by atoms with Crippen LogP contribution in [-0.4, -0.2) is 19.0 Å².